The average molecular weight is 293 g/mol. The van der Waals surface area contributed by atoms with Crippen molar-refractivity contribution in [3.05, 3.63) is 30.5 Å². The van der Waals surface area contributed by atoms with E-state index in [9.17, 15) is 8.78 Å². The van der Waals surface area contributed by atoms with Crippen LogP contribution in [0.2, 0.25) is 0 Å². The third kappa shape index (κ3) is 2.84. The molecule has 1 saturated carbocycles. The van der Waals surface area contributed by atoms with Crippen LogP contribution >= 0.6 is 0 Å². The van der Waals surface area contributed by atoms with Crippen LogP contribution in [0.15, 0.2) is 30.5 Å². The van der Waals surface area contributed by atoms with Gasteiger partial charge in [0.2, 0.25) is 0 Å². The highest BCUT2D eigenvalue weighted by atomic mass is 19.3. The topological polar surface area (TPSA) is 53.1 Å². The predicted octanol–water partition coefficient (Wildman–Crippen LogP) is 3.85. The average Bonchev–Trinajstić information content (AvgIpc) is 3.08. The second-order valence-electron chi connectivity index (χ2n) is 5.23. The molecule has 6 heteroatoms. The molecular formula is C15H17F2N3O. The van der Waals surface area contributed by atoms with Crippen molar-refractivity contribution >= 4 is 5.69 Å². The van der Waals surface area contributed by atoms with Gasteiger partial charge in [-0.15, -0.1) is 0 Å². The number of anilines is 1. The standard InChI is InChI=1S/C15H17F2N3O/c16-15(17)21-13-8-4-3-7-11(13)14-12(18)9-20(19-14)10-5-1-2-6-10/h3-4,7-10,15H,1-2,5-6,18H2. The molecular weight excluding hydrogens is 276 g/mol. The number of alkyl halides is 2. The number of hydrogen-bond acceptors (Lipinski definition) is 3. The fourth-order valence-electron chi connectivity index (χ4n) is 2.83. The number of hydrogen-bond donors (Lipinski definition) is 1. The van der Waals surface area contributed by atoms with Gasteiger partial charge in [0.25, 0.3) is 0 Å². The summed E-state index contributed by atoms with van der Waals surface area (Å²) in [4.78, 5) is 0. The molecule has 0 bridgehead atoms. The summed E-state index contributed by atoms with van der Waals surface area (Å²) < 4.78 is 31.4. The number of nitrogens with two attached hydrogens (primary N) is 1. The fourth-order valence-corrected chi connectivity index (χ4v) is 2.83. The third-order valence-corrected chi connectivity index (χ3v) is 3.82. The van der Waals surface area contributed by atoms with E-state index in [4.69, 9.17) is 5.73 Å². The molecule has 1 heterocycles. The van der Waals surface area contributed by atoms with Gasteiger partial charge in [-0.2, -0.15) is 13.9 Å². The van der Waals surface area contributed by atoms with Crippen LogP contribution < -0.4 is 10.5 Å². The number of nitrogen functional groups attached to an aromatic ring is 1. The minimum absolute atomic E-state index is 0.0934. The van der Waals surface area contributed by atoms with Gasteiger partial charge in [0.05, 0.1) is 11.7 Å². The molecule has 0 spiro atoms. The molecule has 1 aromatic carbocycles. The maximum Gasteiger partial charge on any atom is 0.387 e. The fraction of sp³-hybridized carbons (Fsp3) is 0.400. The van der Waals surface area contributed by atoms with Crippen molar-refractivity contribution in [3.63, 3.8) is 0 Å². The van der Waals surface area contributed by atoms with Crippen molar-refractivity contribution in [1.82, 2.24) is 9.78 Å². The number of halogens is 2. The molecule has 0 saturated heterocycles. The van der Waals surface area contributed by atoms with E-state index in [1.54, 1.807) is 24.4 Å². The first-order valence-corrected chi connectivity index (χ1v) is 7.04. The Bertz CT molecular complexity index is 621. The largest absolute Gasteiger partial charge is 0.434 e. The highest BCUT2D eigenvalue weighted by Gasteiger charge is 2.21. The van der Waals surface area contributed by atoms with Crippen LogP contribution in [0.3, 0.4) is 0 Å². The highest BCUT2D eigenvalue weighted by molar-refractivity contribution is 5.76. The third-order valence-electron chi connectivity index (χ3n) is 3.82. The second-order valence-corrected chi connectivity index (χ2v) is 5.23. The molecule has 1 aromatic heterocycles. The Kier molecular flexibility index (Phi) is 3.77. The first kappa shape index (κ1) is 13.9. The lowest BCUT2D eigenvalue weighted by molar-refractivity contribution is -0.0494. The van der Waals surface area contributed by atoms with E-state index in [1.807, 2.05) is 4.68 Å². The molecule has 4 nitrogen and oxygen atoms in total. The lowest BCUT2D eigenvalue weighted by atomic mass is 10.1. The van der Waals surface area contributed by atoms with Crippen LogP contribution in [-0.4, -0.2) is 16.4 Å². The molecule has 1 aliphatic carbocycles. The van der Waals surface area contributed by atoms with Crippen molar-refractivity contribution in [2.24, 2.45) is 0 Å². The molecule has 2 N–H and O–H groups in total. The molecule has 0 aliphatic heterocycles. The quantitative estimate of drug-likeness (QED) is 0.931. The summed E-state index contributed by atoms with van der Waals surface area (Å²) >= 11 is 0. The Balaban J connectivity index is 1.96. The summed E-state index contributed by atoms with van der Waals surface area (Å²) in [5, 5.41) is 4.50. The van der Waals surface area contributed by atoms with Crippen molar-refractivity contribution < 1.29 is 13.5 Å². The lowest BCUT2D eigenvalue weighted by Crippen LogP contribution is -2.06. The first-order valence-electron chi connectivity index (χ1n) is 7.04. The van der Waals surface area contributed by atoms with Crippen LogP contribution in [0.4, 0.5) is 14.5 Å². The van der Waals surface area contributed by atoms with Gasteiger partial charge < -0.3 is 10.5 Å². The number of para-hydroxylation sites is 1. The number of aromatic nitrogens is 2. The monoisotopic (exact) mass is 293 g/mol. The first-order chi connectivity index (χ1) is 10.1. The van der Waals surface area contributed by atoms with Gasteiger partial charge in [-0.25, -0.2) is 0 Å². The maximum atomic E-state index is 12.5. The minimum Gasteiger partial charge on any atom is -0.434 e. The van der Waals surface area contributed by atoms with Gasteiger partial charge in [0.15, 0.2) is 0 Å². The van der Waals surface area contributed by atoms with Crippen LogP contribution in [0.5, 0.6) is 5.75 Å². The van der Waals surface area contributed by atoms with Gasteiger partial charge in [0, 0.05) is 11.8 Å². The van der Waals surface area contributed by atoms with Crippen LogP contribution in [0.25, 0.3) is 11.3 Å². The van der Waals surface area contributed by atoms with Crippen LogP contribution in [-0.2, 0) is 0 Å². The van der Waals surface area contributed by atoms with Gasteiger partial charge >= 0.3 is 6.61 Å². The van der Waals surface area contributed by atoms with Crippen molar-refractivity contribution in [2.45, 2.75) is 38.3 Å². The number of benzene rings is 1. The number of ether oxygens (including phenoxy) is 1. The number of nitrogens with zero attached hydrogens (tertiary/aromatic N) is 2. The Morgan fingerprint density at radius 1 is 1.24 bits per heavy atom. The number of rotatable bonds is 4. The normalized spacial score (nSPS) is 15.8. The van der Waals surface area contributed by atoms with Gasteiger partial charge in [0.1, 0.15) is 11.4 Å². The summed E-state index contributed by atoms with van der Waals surface area (Å²) in [7, 11) is 0. The van der Waals surface area contributed by atoms with Crippen LogP contribution in [0, 0.1) is 0 Å². The van der Waals surface area contributed by atoms with Gasteiger partial charge in [-0.3, -0.25) is 4.68 Å². The van der Waals surface area contributed by atoms with E-state index in [2.05, 4.69) is 9.84 Å². The summed E-state index contributed by atoms with van der Waals surface area (Å²) in [5.41, 5.74) is 7.48. The molecule has 21 heavy (non-hydrogen) atoms. The molecule has 112 valence electrons. The SMILES string of the molecule is Nc1cn(C2CCCC2)nc1-c1ccccc1OC(F)F. The molecule has 1 aliphatic rings. The Morgan fingerprint density at radius 3 is 2.67 bits per heavy atom. The smallest absolute Gasteiger partial charge is 0.387 e. The zero-order chi connectivity index (χ0) is 14.8. The highest BCUT2D eigenvalue weighted by Crippen LogP contribution is 2.36. The van der Waals surface area contributed by atoms with Gasteiger partial charge in [-0.05, 0) is 25.0 Å². The summed E-state index contributed by atoms with van der Waals surface area (Å²) in [5.74, 6) is 0.0934. The van der Waals surface area contributed by atoms with Crippen LogP contribution in [0.1, 0.15) is 31.7 Å². The van der Waals surface area contributed by atoms with Crippen molar-refractivity contribution in [1.29, 1.82) is 0 Å². The van der Waals surface area contributed by atoms with Crippen molar-refractivity contribution in [2.75, 3.05) is 5.73 Å². The van der Waals surface area contributed by atoms with E-state index in [0.717, 1.165) is 12.8 Å². The van der Waals surface area contributed by atoms with E-state index in [-0.39, 0.29) is 5.75 Å². The summed E-state index contributed by atoms with van der Waals surface area (Å²) in [6, 6.07) is 6.93. The molecule has 0 unspecified atom stereocenters. The van der Waals surface area contributed by atoms with E-state index in [0.29, 0.717) is 23.0 Å². The summed E-state index contributed by atoms with van der Waals surface area (Å²) in [6.07, 6.45) is 6.31. The van der Waals surface area contributed by atoms with Gasteiger partial charge in [-0.1, -0.05) is 25.0 Å². The lowest BCUT2D eigenvalue weighted by Gasteiger charge is -2.10. The Morgan fingerprint density at radius 2 is 1.95 bits per heavy atom. The predicted molar refractivity (Wildman–Crippen MR) is 76.2 cm³/mol. The van der Waals surface area contributed by atoms with E-state index < -0.39 is 6.61 Å². The Hall–Kier alpha value is -2.11. The summed E-state index contributed by atoms with van der Waals surface area (Å²) in [6.45, 7) is -2.87. The Labute approximate surface area is 121 Å². The zero-order valence-corrected chi connectivity index (χ0v) is 11.5. The zero-order valence-electron chi connectivity index (χ0n) is 11.5. The van der Waals surface area contributed by atoms with E-state index in [1.165, 1.54) is 18.9 Å². The van der Waals surface area contributed by atoms with E-state index >= 15 is 0 Å². The van der Waals surface area contributed by atoms with Crippen molar-refractivity contribution in [3.8, 4) is 17.0 Å². The molecule has 0 atom stereocenters. The maximum absolute atomic E-state index is 12.5. The molecule has 1 fully saturated rings. The molecule has 2 aromatic rings. The molecule has 3 rings (SSSR count). The molecule has 0 radical (unpaired) electrons. The minimum atomic E-state index is -2.87. The molecule has 0 amide bonds. The second kappa shape index (κ2) is 5.71.